The van der Waals surface area contributed by atoms with Crippen molar-refractivity contribution in [2.24, 2.45) is 0 Å². The van der Waals surface area contributed by atoms with Crippen molar-refractivity contribution in [2.75, 3.05) is 36.8 Å². The molecule has 0 amide bonds. The van der Waals surface area contributed by atoms with Gasteiger partial charge in [0.2, 0.25) is 0 Å². The molecule has 0 saturated carbocycles. The average Bonchev–Trinajstić information content (AvgIpc) is 2.39. The van der Waals surface area contributed by atoms with Crippen LogP contribution in [0.25, 0.3) is 0 Å². The van der Waals surface area contributed by atoms with E-state index in [9.17, 15) is 17.2 Å². The first-order valence-electron chi connectivity index (χ1n) is 5.64. The molecule has 1 aliphatic rings. The van der Waals surface area contributed by atoms with E-state index in [1.54, 1.807) is 12.3 Å². The molecule has 2 N–H and O–H groups in total. The van der Waals surface area contributed by atoms with Crippen LogP contribution in [0.2, 0.25) is 0 Å². The number of piperazine rings is 1. The fourth-order valence-electron chi connectivity index (χ4n) is 1.98. The lowest BCUT2D eigenvalue weighted by atomic mass is 10.2. The fraction of sp³-hybridized carbons (Fsp3) is 0.500. The summed E-state index contributed by atoms with van der Waals surface area (Å²) in [6.07, 6.45) is 3.07. The van der Waals surface area contributed by atoms with Gasteiger partial charge in [0.05, 0.1) is 17.6 Å². The summed E-state index contributed by atoms with van der Waals surface area (Å²) in [5.41, 5.74) is 6.98. The van der Waals surface area contributed by atoms with Crippen LogP contribution in [0.1, 0.15) is 0 Å². The van der Waals surface area contributed by atoms with E-state index < -0.39 is 15.8 Å². The Hall–Kier alpha value is -1.48. The summed E-state index contributed by atoms with van der Waals surface area (Å²) >= 11 is 0. The largest absolute Gasteiger partial charge is 0.396 e. The number of nitrogens with two attached hydrogens (primary N) is 1. The third-order valence-electron chi connectivity index (χ3n) is 2.99. The van der Waals surface area contributed by atoms with Crippen molar-refractivity contribution in [3.05, 3.63) is 18.5 Å². The van der Waals surface area contributed by atoms with Gasteiger partial charge >= 0.3 is 5.76 Å². The number of hydrogen-bond acceptors (Lipinski definition) is 5. The number of nitrogen functional groups attached to an aromatic ring is 1. The average molecular weight is 292 g/mol. The Labute approximate surface area is 109 Å². The van der Waals surface area contributed by atoms with E-state index in [1.807, 2.05) is 4.90 Å². The maximum absolute atomic E-state index is 12.4. The highest BCUT2D eigenvalue weighted by molar-refractivity contribution is 7.89. The summed E-state index contributed by atoms with van der Waals surface area (Å²) in [5.74, 6) is -3.37. The summed E-state index contributed by atoms with van der Waals surface area (Å²) in [7, 11) is -4.49. The molecule has 1 saturated heterocycles. The Morgan fingerprint density at radius 1 is 1.26 bits per heavy atom. The molecule has 1 aromatic heterocycles. The number of hydrogen-bond donors (Lipinski definition) is 1. The molecule has 0 bridgehead atoms. The number of aromatic nitrogens is 1. The van der Waals surface area contributed by atoms with Crippen LogP contribution in [0.15, 0.2) is 18.5 Å². The van der Waals surface area contributed by atoms with Crippen LogP contribution in [0, 0.1) is 0 Å². The van der Waals surface area contributed by atoms with Gasteiger partial charge in [0, 0.05) is 32.4 Å². The lowest BCUT2D eigenvalue weighted by molar-refractivity contribution is 0.217. The molecule has 0 aliphatic carbocycles. The minimum Gasteiger partial charge on any atom is -0.396 e. The van der Waals surface area contributed by atoms with Gasteiger partial charge in [-0.25, -0.2) is 8.42 Å². The molecule has 106 valence electrons. The SMILES string of the molecule is Nc1cnccc1N1CCN(S(=O)(=O)C(F)F)CC1. The Morgan fingerprint density at radius 3 is 2.42 bits per heavy atom. The number of pyridine rings is 1. The number of nitrogens with zero attached hydrogens (tertiary/aromatic N) is 3. The molecule has 0 radical (unpaired) electrons. The van der Waals surface area contributed by atoms with Gasteiger partial charge in [-0.1, -0.05) is 0 Å². The van der Waals surface area contributed by atoms with Gasteiger partial charge < -0.3 is 10.6 Å². The zero-order chi connectivity index (χ0) is 14.0. The third-order valence-corrected chi connectivity index (χ3v) is 4.53. The van der Waals surface area contributed by atoms with Gasteiger partial charge in [-0.05, 0) is 6.07 Å². The first kappa shape index (κ1) is 13.9. The fourth-order valence-corrected chi connectivity index (χ4v) is 2.88. The lowest BCUT2D eigenvalue weighted by Crippen LogP contribution is -2.50. The highest BCUT2D eigenvalue weighted by Crippen LogP contribution is 2.24. The van der Waals surface area contributed by atoms with Gasteiger partial charge in [-0.15, -0.1) is 0 Å². The van der Waals surface area contributed by atoms with Crippen LogP contribution in [-0.2, 0) is 10.0 Å². The van der Waals surface area contributed by atoms with E-state index in [0.717, 1.165) is 9.99 Å². The molecular weight excluding hydrogens is 278 g/mol. The second kappa shape index (κ2) is 5.25. The summed E-state index contributed by atoms with van der Waals surface area (Å²) < 4.78 is 48.3. The van der Waals surface area contributed by atoms with Gasteiger partial charge in [0.25, 0.3) is 10.0 Å². The molecule has 2 rings (SSSR count). The highest BCUT2D eigenvalue weighted by atomic mass is 32.2. The Bertz CT molecular complexity index is 544. The van der Waals surface area contributed by atoms with E-state index in [1.165, 1.54) is 6.20 Å². The quantitative estimate of drug-likeness (QED) is 0.869. The minimum atomic E-state index is -4.49. The van der Waals surface area contributed by atoms with E-state index >= 15 is 0 Å². The molecular formula is C10H14F2N4O2S. The van der Waals surface area contributed by atoms with Gasteiger partial charge in [-0.3, -0.25) is 4.98 Å². The summed E-state index contributed by atoms with van der Waals surface area (Å²) in [6.45, 7) is 0.684. The maximum atomic E-state index is 12.4. The summed E-state index contributed by atoms with van der Waals surface area (Å²) in [5, 5.41) is 0. The predicted molar refractivity (Wildman–Crippen MR) is 67.4 cm³/mol. The normalized spacial score (nSPS) is 17.9. The monoisotopic (exact) mass is 292 g/mol. The first-order chi connectivity index (χ1) is 8.93. The number of rotatable bonds is 3. The van der Waals surface area contributed by atoms with Crippen LogP contribution < -0.4 is 10.6 Å². The molecule has 1 aromatic rings. The van der Waals surface area contributed by atoms with Crippen molar-refractivity contribution in [1.29, 1.82) is 0 Å². The van der Waals surface area contributed by atoms with E-state index in [-0.39, 0.29) is 13.1 Å². The van der Waals surface area contributed by atoms with Crippen LogP contribution in [-0.4, -0.2) is 49.6 Å². The molecule has 0 unspecified atom stereocenters. The third kappa shape index (κ3) is 2.76. The van der Waals surface area contributed by atoms with Crippen LogP contribution in [0.3, 0.4) is 0 Å². The second-order valence-electron chi connectivity index (χ2n) is 4.13. The van der Waals surface area contributed by atoms with Crippen molar-refractivity contribution < 1.29 is 17.2 Å². The lowest BCUT2D eigenvalue weighted by Gasteiger charge is -2.35. The zero-order valence-electron chi connectivity index (χ0n) is 10.0. The molecule has 19 heavy (non-hydrogen) atoms. The number of sulfonamides is 1. The molecule has 6 nitrogen and oxygen atoms in total. The Kier molecular flexibility index (Phi) is 3.85. The molecule has 9 heteroatoms. The van der Waals surface area contributed by atoms with E-state index in [4.69, 9.17) is 5.73 Å². The van der Waals surface area contributed by atoms with Gasteiger partial charge in [0.15, 0.2) is 0 Å². The Morgan fingerprint density at radius 2 is 1.89 bits per heavy atom. The van der Waals surface area contributed by atoms with Crippen LogP contribution >= 0.6 is 0 Å². The standard InChI is InChI=1S/C10H14F2N4O2S/c11-10(12)19(17,18)16-5-3-15(4-6-16)9-1-2-14-7-8(9)13/h1-2,7,10H,3-6,13H2. The minimum absolute atomic E-state index is 0.0223. The van der Waals surface area contributed by atoms with Gasteiger partial charge in [-0.2, -0.15) is 13.1 Å². The van der Waals surface area contributed by atoms with Crippen LogP contribution in [0.4, 0.5) is 20.2 Å². The van der Waals surface area contributed by atoms with Crippen molar-refractivity contribution in [1.82, 2.24) is 9.29 Å². The number of alkyl halides is 2. The van der Waals surface area contributed by atoms with Crippen LogP contribution in [0.5, 0.6) is 0 Å². The van der Waals surface area contributed by atoms with Crippen molar-refractivity contribution in [2.45, 2.75) is 5.76 Å². The molecule has 1 fully saturated rings. The number of halogens is 2. The summed E-state index contributed by atoms with van der Waals surface area (Å²) in [4.78, 5) is 5.72. The van der Waals surface area contributed by atoms with Crippen molar-refractivity contribution in [3.63, 3.8) is 0 Å². The Balaban J connectivity index is 2.06. The molecule has 0 spiro atoms. The van der Waals surface area contributed by atoms with Crippen molar-refractivity contribution >= 4 is 21.4 Å². The first-order valence-corrected chi connectivity index (χ1v) is 7.15. The van der Waals surface area contributed by atoms with E-state index in [2.05, 4.69) is 4.98 Å². The maximum Gasteiger partial charge on any atom is 0.350 e. The van der Waals surface area contributed by atoms with E-state index in [0.29, 0.717) is 18.8 Å². The molecule has 0 aromatic carbocycles. The molecule has 2 heterocycles. The second-order valence-corrected chi connectivity index (χ2v) is 6.03. The molecule has 1 aliphatic heterocycles. The molecule has 0 atom stereocenters. The summed E-state index contributed by atoms with van der Waals surface area (Å²) in [6, 6.07) is 1.71. The predicted octanol–water partition coefficient (Wildman–Crippen LogP) is 0.338. The zero-order valence-corrected chi connectivity index (χ0v) is 10.9. The highest BCUT2D eigenvalue weighted by Gasteiger charge is 2.34. The van der Waals surface area contributed by atoms with Crippen molar-refractivity contribution in [3.8, 4) is 0 Å². The topological polar surface area (TPSA) is 79.5 Å². The van der Waals surface area contributed by atoms with Gasteiger partial charge in [0.1, 0.15) is 0 Å². The number of anilines is 2. The smallest absolute Gasteiger partial charge is 0.350 e.